The first-order valence-electron chi connectivity index (χ1n) is 4.89. The zero-order chi connectivity index (χ0) is 10.5. The molecule has 0 fully saturated rings. The van der Waals surface area contributed by atoms with Gasteiger partial charge in [-0.25, -0.2) is 4.98 Å². The van der Waals surface area contributed by atoms with Crippen molar-refractivity contribution in [2.75, 3.05) is 11.1 Å². The van der Waals surface area contributed by atoms with Gasteiger partial charge in [0.1, 0.15) is 5.69 Å². The Morgan fingerprint density at radius 1 is 1.13 bits per heavy atom. The smallest absolute Gasteiger partial charge is 0.192 e. The fraction of sp³-hybridized carbons (Fsp3) is 0.0833. The minimum atomic E-state index is 0.754. The summed E-state index contributed by atoms with van der Waals surface area (Å²) in [6.45, 7) is 0.781. The van der Waals surface area contributed by atoms with E-state index in [1.165, 1.54) is 5.56 Å². The van der Waals surface area contributed by atoms with Crippen LogP contribution in [0, 0.1) is 0 Å². The highest BCUT2D eigenvalue weighted by Gasteiger charge is 2.00. The number of hydrogen-bond donors (Lipinski definition) is 2. The number of aromatic nitrogens is 1. The normalized spacial score (nSPS) is 9.87. The zero-order valence-corrected chi connectivity index (χ0v) is 8.40. The molecule has 0 amide bonds. The van der Waals surface area contributed by atoms with Crippen molar-refractivity contribution in [1.82, 2.24) is 0 Å². The van der Waals surface area contributed by atoms with Crippen LogP contribution in [0.2, 0.25) is 0 Å². The van der Waals surface area contributed by atoms with E-state index in [9.17, 15) is 0 Å². The van der Waals surface area contributed by atoms with Gasteiger partial charge in [-0.05, 0) is 5.56 Å². The van der Waals surface area contributed by atoms with Crippen LogP contribution < -0.4 is 16.0 Å². The quantitative estimate of drug-likeness (QED) is 0.792. The van der Waals surface area contributed by atoms with Crippen molar-refractivity contribution in [2.24, 2.45) is 0 Å². The summed E-state index contributed by atoms with van der Waals surface area (Å²) in [4.78, 5) is 3.00. The molecule has 0 aliphatic rings. The summed E-state index contributed by atoms with van der Waals surface area (Å²) >= 11 is 0. The van der Waals surface area contributed by atoms with E-state index in [0.717, 1.165) is 17.9 Å². The average Bonchev–Trinajstić information content (AvgIpc) is 2.29. The molecule has 0 aliphatic carbocycles. The van der Waals surface area contributed by atoms with Gasteiger partial charge in [0.2, 0.25) is 0 Å². The lowest BCUT2D eigenvalue weighted by Gasteiger charge is -2.05. The molecule has 0 aliphatic heterocycles. The number of aromatic amines is 1. The first kappa shape index (κ1) is 9.52. The first-order chi connectivity index (χ1) is 7.36. The lowest BCUT2D eigenvalue weighted by Crippen LogP contribution is -2.08. The second-order valence-electron chi connectivity index (χ2n) is 3.35. The van der Waals surface area contributed by atoms with Gasteiger partial charge < -0.3 is 11.1 Å². The molecule has 0 bridgehead atoms. The number of pyridine rings is 1. The van der Waals surface area contributed by atoms with Crippen molar-refractivity contribution in [3.8, 4) is 0 Å². The van der Waals surface area contributed by atoms with Gasteiger partial charge in [-0.1, -0.05) is 30.3 Å². The maximum Gasteiger partial charge on any atom is 0.192 e. The Balaban J connectivity index is 2.03. The van der Waals surface area contributed by atoms with Crippen LogP contribution in [-0.2, 0) is 6.54 Å². The van der Waals surface area contributed by atoms with Crippen LogP contribution in [0.3, 0.4) is 0 Å². The van der Waals surface area contributed by atoms with Gasteiger partial charge >= 0.3 is 0 Å². The number of benzene rings is 1. The topological polar surface area (TPSA) is 52.2 Å². The van der Waals surface area contributed by atoms with Crippen LogP contribution in [0.5, 0.6) is 0 Å². The van der Waals surface area contributed by atoms with Crippen molar-refractivity contribution in [3.05, 3.63) is 54.4 Å². The lowest BCUT2D eigenvalue weighted by atomic mass is 10.2. The predicted octanol–water partition coefficient (Wildman–Crippen LogP) is 1.69. The molecule has 3 heteroatoms. The molecule has 2 aromatic rings. The van der Waals surface area contributed by atoms with Gasteiger partial charge in [0.15, 0.2) is 12.4 Å². The van der Waals surface area contributed by atoms with Crippen molar-refractivity contribution < 1.29 is 4.98 Å². The van der Waals surface area contributed by atoms with Gasteiger partial charge in [0.25, 0.3) is 0 Å². The molecule has 1 aromatic heterocycles. The minimum absolute atomic E-state index is 0.754. The molecule has 0 saturated heterocycles. The van der Waals surface area contributed by atoms with E-state index >= 15 is 0 Å². The van der Waals surface area contributed by atoms with Crippen LogP contribution in [0.4, 0.5) is 11.4 Å². The molecule has 3 nitrogen and oxygen atoms in total. The SMILES string of the molecule is Nc1cc[nH+]cc1NCc1ccccc1. The second-order valence-corrected chi connectivity index (χ2v) is 3.35. The molecule has 0 unspecified atom stereocenters. The largest absolute Gasteiger partial charge is 0.397 e. The van der Waals surface area contributed by atoms with Crippen molar-refractivity contribution >= 4 is 11.4 Å². The summed E-state index contributed by atoms with van der Waals surface area (Å²) in [6, 6.07) is 12.1. The van der Waals surface area contributed by atoms with Gasteiger partial charge in [-0.15, -0.1) is 0 Å². The third kappa shape index (κ3) is 2.47. The Kier molecular flexibility index (Phi) is 2.83. The fourth-order valence-corrected chi connectivity index (χ4v) is 1.39. The van der Waals surface area contributed by atoms with E-state index in [4.69, 9.17) is 5.73 Å². The van der Waals surface area contributed by atoms with Crippen LogP contribution in [-0.4, -0.2) is 0 Å². The van der Waals surface area contributed by atoms with Gasteiger partial charge in [0, 0.05) is 12.6 Å². The highest BCUT2D eigenvalue weighted by atomic mass is 14.9. The number of nitrogens with two attached hydrogens (primary N) is 1. The summed E-state index contributed by atoms with van der Waals surface area (Å²) in [5, 5.41) is 3.27. The summed E-state index contributed by atoms with van der Waals surface area (Å²) in [6.07, 6.45) is 3.67. The standard InChI is InChI=1S/C12H13N3/c13-11-6-7-14-9-12(11)15-8-10-4-2-1-3-5-10/h1-7,9,15H,8H2,(H2,13,14)/p+1. The molecule has 4 N–H and O–H groups in total. The van der Waals surface area contributed by atoms with Crippen molar-refractivity contribution in [3.63, 3.8) is 0 Å². The summed E-state index contributed by atoms with van der Waals surface area (Å²) < 4.78 is 0. The minimum Gasteiger partial charge on any atom is -0.397 e. The summed E-state index contributed by atoms with van der Waals surface area (Å²) in [5.41, 5.74) is 8.73. The maximum atomic E-state index is 5.80. The molecule has 0 radical (unpaired) electrons. The summed E-state index contributed by atoms with van der Waals surface area (Å²) in [5.74, 6) is 0. The molecule has 2 rings (SSSR count). The number of nitrogen functional groups attached to an aromatic ring is 1. The van der Waals surface area contributed by atoms with Crippen LogP contribution in [0.1, 0.15) is 5.56 Å². The van der Waals surface area contributed by atoms with Gasteiger partial charge in [-0.2, -0.15) is 0 Å². The van der Waals surface area contributed by atoms with Crippen LogP contribution in [0.15, 0.2) is 48.8 Å². The third-order valence-corrected chi connectivity index (χ3v) is 2.22. The predicted molar refractivity (Wildman–Crippen MR) is 61.2 cm³/mol. The fourth-order valence-electron chi connectivity index (χ4n) is 1.39. The Labute approximate surface area is 89.0 Å². The second kappa shape index (κ2) is 4.46. The molecule has 0 saturated carbocycles. The van der Waals surface area contributed by atoms with E-state index in [-0.39, 0.29) is 0 Å². The first-order valence-corrected chi connectivity index (χ1v) is 4.89. The zero-order valence-electron chi connectivity index (χ0n) is 8.40. The van der Waals surface area contributed by atoms with Crippen LogP contribution in [0.25, 0.3) is 0 Å². The Morgan fingerprint density at radius 3 is 2.67 bits per heavy atom. The lowest BCUT2D eigenvalue weighted by molar-refractivity contribution is -0.376. The summed E-state index contributed by atoms with van der Waals surface area (Å²) in [7, 11) is 0. The van der Waals surface area contributed by atoms with E-state index in [1.807, 2.05) is 36.7 Å². The molecular weight excluding hydrogens is 186 g/mol. The average molecular weight is 200 g/mol. The highest BCUT2D eigenvalue weighted by Crippen LogP contribution is 2.14. The van der Waals surface area contributed by atoms with E-state index in [0.29, 0.717) is 0 Å². The number of hydrogen-bond acceptors (Lipinski definition) is 2. The Hall–Kier alpha value is -2.03. The number of H-pyrrole nitrogens is 1. The molecule has 0 atom stereocenters. The number of anilines is 2. The van der Waals surface area contributed by atoms with Gasteiger partial charge in [0.05, 0.1) is 5.69 Å². The van der Waals surface area contributed by atoms with Gasteiger partial charge in [-0.3, -0.25) is 0 Å². The van der Waals surface area contributed by atoms with E-state index in [2.05, 4.69) is 22.4 Å². The molecule has 1 heterocycles. The Morgan fingerprint density at radius 2 is 1.93 bits per heavy atom. The molecular formula is C12H14N3+. The monoisotopic (exact) mass is 200 g/mol. The Bertz CT molecular complexity index is 426. The van der Waals surface area contributed by atoms with Crippen LogP contribution >= 0.6 is 0 Å². The molecule has 1 aromatic carbocycles. The third-order valence-electron chi connectivity index (χ3n) is 2.22. The maximum absolute atomic E-state index is 5.80. The van der Waals surface area contributed by atoms with Crippen molar-refractivity contribution in [2.45, 2.75) is 6.54 Å². The van der Waals surface area contributed by atoms with E-state index < -0.39 is 0 Å². The number of nitrogens with one attached hydrogen (secondary N) is 2. The number of rotatable bonds is 3. The molecule has 76 valence electrons. The van der Waals surface area contributed by atoms with E-state index in [1.54, 1.807) is 0 Å². The highest BCUT2D eigenvalue weighted by molar-refractivity contribution is 5.63. The molecule has 15 heavy (non-hydrogen) atoms. The molecule has 0 spiro atoms. The van der Waals surface area contributed by atoms with Crippen molar-refractivity contribution in [1.29, 1.82) is 0 Å².